The summed E-state index contributed by atoms with van der Waals surface area (Å²) < 4.78 is 18.7. The molecule has 1 aliphatic heterocycles. The highest BCUT2D eigenvalue weighted by atomic mass is 32.2. The minimum absolute atomic E-state index is 0.344. The highest BCUT2D eigenvalue weighted by molar-refractivity contribution is 7.85. The molecule has 6 nitrogen and oxygen atoms in total. The van der Waals surface area contributed by atoms with Gasteiger partial charge in [0, 0.05) is 42.4 Å². The first kappa shape index (κ1) is 16.0. The highest BCUT2D eigenvalue weighted by Crippen LogP contribution is 2.21. The lowest BCUT2D eigenvalue weighted by Crippen LogP contribution is -2.31. The number of carbonyl (C=O) groups excluding carboxylic acids is 1. The lowest BCUT2D eigenvalue weighted by Gasteiger charge is -2.23. The van der Waals surface area contributed by atoms with Gasteiger partial charge in [-0.3, -0.25) is 4.21 Å². The Balaban J connectivity index is 2.30. The number of ether oxygens (including phenoxy) is 1. The number of hydrogen-bond donors (Lipinski definition) is 0. The molecule has 0 spiro atoms. The quantitative estimate of drug-likeness (QED) is 0.782. The summed E-state index contributed by atoms with van der Waals surface area (Å²) in [7, 11) is 1.06. The molecule has 7 heteroatoms. The molecule has 1 fully saturated rings. The third kappa shape index (κ3) is 3.45. The van der Waals surface area contributed by atoms with E-state index in [4.69, 9.17) is 4.74 Å². The van der Waals surface area contributed by atoms with Gasteiger partial charge in [0.15, 0.2) is 5.69 Å². The van der Waals surface area contributed by atoms with E-state index in [1.54, 1.807) is 11.5 Å². The fourth-order valence-electron chi connectivity index (χ4n) is 2.70. The zero-order valence-corrected chi connectivity index (χ0v) is 13.9. The van der Waals surface area contributed by atoms with Crippen molar-refractivity contribution in [2.24, 2.45) is 13.0 Å². The monoisotopic (exact) mass is 313 g/mol. The number of rotatable bonds is 3. The van der Waals surface area contributed by atoms with Crippen LogP contribution in [0.25, 0.3) is 0 Å². The van der Waals surface area contributed by atoms with Crippen molar-refractivity contribution >= 4 is 22.7 Å². The van der Waals surface area contributed by atoms with Gasteiger partial charge in [-0.15, -0.1) is 0 Å². The van der Waals surface area contributed by atoms with Gasteiger partial charge in [0.05, 0.1) is 12.3 Å². The van der Waals surface area contributed by atoms with E-state index >= 15 is 0 Å². The molecular weight excluding hydrogens is 290 g/mol. The van der Waals surface area contributed by atoms with Crippen molar-refractivity contribution in [1.29, 1.82) is 0 Å². The molecule has 2 heterocycles. The van der Waals surface area contributed by atoms with Crippen molar-refractivity contribution in [3.63, 3.8) is 0 Å². The lowest BCUT2D eigenvalue weighted by molar-refractivity contribution is 0.0514. The van der Waals surface area contributed by atoms with Gasteiger partial charge in [-0.05, 0) is 19.8 Å². The van der Waals surface area contributed by atoms with Crippen LogP contribution in [-0.2, 0) is 22.6 Å². The van der Waals surface area contributed by atoms with E-state index in [1.165, 1.54) is 0 Å². The number of imidazole rings is 1. The van der Waals surface area contributed by atoms with Crippen LogP contribution in [0.15, 0.2) is 0 Å². The Morgan fingerprint density at radius 1 is 1.52 bits per heavy atom. The van der Waals surface area contributed by atoms with Crippen LogP contribution in [0, 0.1) is 12.8 Å². The lowest BCUT2D eigenvalue weighted by atomic mass is 10.2. The van der Waals surface area contributed by atoms with Crippen molar-refractivity contribution in [2.45, 2.75) is 20.8 Å². The number of anilines is 1. The van der Waals surface area contributed by atoms with Crippen molar-refractivity contribution in [3.05, 3.63) is 11.4 Å². The van der Waals surface area contributed by atoms with Gasteiger partial charge in [0.2, 0.25) is 5.95 Å². The standard InChI is InChI=1S/C14H23N3O3S/c1-5-20-13(18)12-11(3)15-14(16(12)4)17-6-7-21(19)9-10(2)8-17/h10H,5-9H2,1-4H3. The van der Waals surface area contributed by atoms with Crippen LogP contribution in [0.3, 0.4) is 0 Å². The summed E-state index contributed by atoms with van der Waals surface area (Å²) >= 11 is 0. The topological polar surface area (TPSA) is 64.4 Å². The Bertz CT molecular complexity index is 556. The molecule has 0 saturated carbocycles. The predicted octanol–water partition coefficient (Wildman–Crippen LogP) is 1.11. The Morgan fingerprint density at radius 2 is 2.24 bits per heavy atom. The van der Waals surface area contributed by atoms with Crippen LogP contribution in [-0.4, -0.2) is 50.9 Å². The maximum Gasteiger partial charge on any atom is 0.356 e. The summed E-state index contributed by atoms with van der Waals surface area (Å²) in [5.74, 6) is 2.12. The average Bonchev–Trinajstić information content (AvgIpc) is 2.58. The molecule has 0 bridgehead atoms. The number of aryl methyl sites for hydroxylation is 1. The van der Waals surface area contributed by atoms with Gasteiger partial charge >= 0.3 is 5.97 Å². The predicted molar refractivity (Wildman–Crippen MR) is 83.2 cm³/mol. The van der Waals surface area contributed by atoms with E-state index in [0.717, 1.165) is 18.2 Å². The van der Waals surface area contributed by atoms with Crippen LogP contribution in [0.4, 0.5) is 5.95 Å². The first-order valence-corrected chi connectivity index (χ1v) is 8.73. The SMILES string of the molecule is CCOC(=O)c1c(C)nc(N2CCS(=O)CC(C)C2)n1C. The zero-order valence-electron chi connectivity index (χ0n) is 13.1. The average molecular weight is 313 g/mol. The van der Waals surface area contributed by atoms with Crippen LogP contribution < -0.4 is 4.90 Å². The third-order valence-corrected chi connectivity index (χ3v) is 5.17. The van der Waals surface area contributed by atoms with E-state index in [1.807, 2.05) is 14.0 Å². The van der Waals surface area contributed by atoms with Crippen molar-refractivity contribution in [3.8, 4) is 0 Å². The fourth-order valence-corrected chi connectivity index (χ4v) is 4.03. The molecule has 21 heavy (non-hydrogen) atoms. The molecule has 0 N–H and O–H groups in total. The summed E-state index contributed by atoms with van der Waals surface area (Å²) in [6.07, 6.45) is 0. The van der Waals surface area contributed by atoms with E-state index < -0.39 is 10.8 Å². The number of esters is 1. The van der Waals surface area contributed by atoms with E-state index in [2.05, 4.69) is 16.8 Å². The van der Waals surface area contributed by atoms with Crippen molar-refractivity contribution in [2.75, 3.05) is 36.1 Å². The maximum absolute atomic E-state index is 12.0. The van der Waals surface area contributed by atoms with Gasteiger partial charge in [-0.2, -0.15) is 0 Å². The second-order valence-corrected chi connectivity index (χ2v) is 7.11. The second kappa shape index (κ2) is 6.60. The molecule has 2 rings (SSSR count). The first-order valence-electron chi connectivity index (χ1n) is 7.24. The largest absolute Gasteiger partial charge is 0.461 e. The normalized spacial score (nSPS) is 23.0. The van der Waals surface area contributed by atoms with Gasteiger partial charge in [-0.25, -0.2) is 9.78 Å². The minimum atomic E-state index is -0.769. The Hall–Kier alpha value is -1.37. The molecule has 0 aliphatic carbocycles. The fraction of sp³-hybridized carbons (Fsp3) is 0.714. The molecule has 1 aromatic heterocycles. The first-order chi connectivity index (χ1) is 9.93. The molecule has 1 saturated heterocycles. The number of carbonyl (C=O) groups is 1. The number of hydrogen-bond acceptors (Lipinski definition) is 5. The number of aromatic nitrogens is 2. The summed E-state index contributed by atoms with van der Waals surface area (Å²) in [5, 5.41) is 0. The molecule has 2 unspecified atom stereocenters. The molecule has 1 aromatic rings. The maximum atomic E-state index is 12.0. The highest BCUT2D eigenvalue weighted by Gasteiger charge is 2.26. The Morgan fingerprint density at radius 3 is 2.90 bits per heavy atom. The summed E-state index contributed by atoms with van der Waals surface area (Å²) in [5.41, 5.74) is 1.16. The molecule has 118 valence electrons. The molecule has 1 aliphatic rings. The van der Waals surface area contributed by atoms with E-state index in [9.17, 15) is 9.00 Å². The summed E-state index contributed by atoms with van der Waals surface area (Å²) in [4.78, 5) is 18.7. The Labute approximate surface area is 127 Å². The zero-order chi connectivity index (χ0) is 15.6. The van der Waals surface area contributed by atoms with Gasteiger partial charge in [-0.1, -0.05) is 6.92 Å². The second-order valence-electron chi connectivity index (χ2n) is 5.49. The van der Waals surface area contributed by atoms with Gasteiger partial charge in [0.1, 0.15) is 0 Å². The summed E-state index contributed by atoms with van der Waals surface area (Å²) in [6.45, 7) is 7.55. The molecular formula is C14H23N3O3S. The summed E-state index contributed by atoms with van der Waals surface area (Å²) in [6, 6.07) is 0. The van der Waals surface area contributed by atoms with Crippen molar-refractivity contribution < 1.29 is 13.7 Å². The van der Waals surface area contributed by atoms with Crippen molar-refractivity contribution in [1.82, 2.24) is 9.55 Å². The number of nitrogens with zero attached hydrogens (tertiary/aromatic N) is 3. The molecule has 0 amide bonds. The van der Waals surface area contributed by atoms with Crippen LogP contribution in [0.2, 0.25) is 0 Å². The Kier molecular flexibility index (Phi) is 5.03. The minimum Gasteiger partial charge on any atom is -0.461 e. The molecule has 2 atom stereocenters. The van der Waals surface area contributed by atoms with Crippen LogP contribution >= 0.6 is 0 Å². The van der Waals surface area contributed by atoms with Crippen LogP contribution in [0.1, 0.15) is 30.0 Å². The third-order valence-electron chi connectivity index (χ3n) is 3.59. The van der Waals surface area contributed by atoms with E-state index in [-0.39, 0.29) is 5.97 Å². The molecule has 0 radical (unpaired) electrons. The van der Waals surface area contributed by atoms with Gasteiger partial charge < -0.3 is 14.2 Å². The van der Waals surface area contributed by atoms with E-state index in [0.29, 0.717) is 36.2 Å². The van der Waals surface area contributed by atoms with Gasteiger partial charge in [0.25, 0.3) is 0 Å². The smallest absolute Gasteiger partial charge is 0.356 e. The van der Waals surface area contributed by atoms with Crippen LogP contribution in [0.5, 0.6) is 0 Å². The molecule has 0 aromatic carbocycles.